The Kier molecular flexibility index (Phi) is 4.65. The van der Waals surface area contributed by atoms with E-state index < -0.39 is 0 Å². The second-order valence-corrected chi connectivity index (χ2v) is 9.02. The van der Waals surface area contributed by atoms with Crippen molar-refractivity contribution in [3.63, 3.8) is 0 Å². The Bertz CT molecular complexity index is 1270. The van der Waals surface area contributed by atoms with Gasteiger partial charge in [0, 0.05) is 29.3 Å². The fraction of sp³-hybridized carbons (Fsp3) is 0.292. The van der Waals surface area contributed by atoms with Gasteiger partial charge in [0.25, 0.3) is 0 Å². The topological polar surface area (TPSA) is 68.1 Å². The summed E-state index contributed by atoms with van der Waals surface area (Å²) in [7, 11) is 0. The lowest BCUT2D eigenvalue weighted by atomic mass is 9.99. The van der Waals surface area contributed by atoms with E-state index in [1.165, 1.54) is 22.0 Å². The number of hydrogen-bond donors (Lipinski definition) is 1. The standard InChI is InChI=1S/C24H23N5OS/c1-2-15-10-6-11-17-18(14-25-20(15)17)21-22(16-8-4-3-5-9-16)31-24-27-26-23(29(24)28-21)19-12-7-13-30-19/h3-6,8-11,14,19,22,25H,2,7,12-13H2,1H3/t19-,22+/m1/s1. The van der Waals surface area contributed by atoms with Crippen molar-refractivity contribution in [2.24, 2.45) is 5.10 Å². The summed E-state index contributed by atoms with van der Waals surface area (Å²) in [4.78, 5) is 3.51. The van der Waals surface area contributed by atoms with E-state index in [1.54, 1.807) is 11.8 Å². The van der Waals surface area contributed by atoms with Crippen LogP contribution >= 0.6 is 11.8 Å². The molecule has 4 heterocycles. The van der Waals surface area contributed by atoms with Gasteiger partial charge < -0.3 is 9.72 Å². The molecule has 2 aliphatic heterocycles. The van der Waals surface area contributed by atoms with Gasteiger partial charge in [-0.05, 0) is 30.4 Å². The summed E-state index contributed by atoms with van der Waals surface area (Å²) in [6, 6.07) is 17.0. The summed E-state index contributed by atoms with van der Waals surface area (Å²) in [5.74, 6) is 0.804. The monoisotopic (exact) mass is 429 g/mol. The quantitative estimate of drug-likeness (QED) is 0.480. The number of H-pyrrole nitrogens is 1. The van der Waals surface area contributed by atoms with Crippen LogP contribution in [0.15, 0.2) is 65.0 Å². The third-order valence-electron chi connectivity index (χ3n) is 6.09. The molecule has 0 radical (unpaired) electrons. The maximum Gasteiger partial charge on any atom is 0.213 e. The van der Waals surface area contributed by atoms with E-state index in [1.807, 2.05) is 10.7 Å². The largest absolute Gasteiger partial charge is 0.370 e. The molecule has 31 heavy (non-hydrogen) atoms. The first kappa shape index (κ1) is 18.8. The van der Waals surface area contributed by atoms with Crippen LogP contribution in [0, 0.1) is 0 Å². The van der Waals surface area contributed by atoms with Crippen LogP contribution in [0.5, 0.6) is 0 Å². The van der Waals surface area contributed by atoms with Crippen LogP contribution in [0.4, 0.5) is 0 Å². The van der Waals surface area contributed by atoms with Gasteiger partial charge in [-0.3, -0.25) is 0 Å². The molecule has 0 aliphatic carbocycles. The Hall–Kier alpha value is -2.90. The van der Waals surface area contributed by atoms with Crippen molar-refractivity contribution in [3.8, 4) is 0 Å². The van der Waals surface area contributed by atoms with E-state index in [0.717, 1.165) is 48.1 Å². The van der Waals surface area contributed by atoms with Gasteiger partial charge in [-0.25, -0.2) is 0 Å². The molecular weight excluding hydrogens is 406 g/mol. The van der Waals surface area contributed by atoms with Gasteiger partial charge in [-0.2, -0.15) is 9.78 Å². The van der Waals surface area contributed by atoms with Crippen molar-refractivity contribution >= 4 is 28.4 Å². The number of fused-ring (bicyclic) bond motifs is 2. The number of ether oxygens (including phenoxy) is 1. The number of aromatic amines is 1. The molecule has 0 unspecified atom stereocenters. The van der Waals surface area contributed by atoms with Crippen LogP contribution in [0.1, 0.15) is 53.6 Å². The fourth-order valence-electron chi connectivity index (χ4n) is 4.52. The second kappa shape index (κ2) is 7.66. The molecule has 2 aromatic carbocycles. The van der Waals surface area contributed by atoms with Gasteiger partial charge >= 0.3 is 0 Å². The SMILES string of the molecule is CCc1cccc2c(C3=Nn4c(nnc4[C@H]4CCCO4)S[C@H]3c3ccccc3)c[nH]c12. The Balaban J connectivity index is 1.54. The molecule has 0 spiro atoms. The van der Waals surface area contributed by atoms with Crippen molar-refractivity contribution in [2.75, 3.05) is 6.61 Å². The van der Waals surface area contributed by atoms with Crippen molar-refractivity contribution in [1.29, 1.82) is 0 Å². The lowest BCUT2D eigenvalue weighted by Gasteiger charge is -2.24. The lowest BCUT2D eigenvalue weighted by Crippen LogP contribution is -2.19. The zero-order valence-corrected chi connectivity index (χ0v) is 18.1. The average Bonchev–Trinajstić information content (AvgIpc) is 3.57. The van der Waals surface area contributed by atoms with Crippen molar-refractivity contribution in [3.05, 3.63) is 77.2 Å². The predicted molar refractivity (Wildman–Crippen MR) is 123 cm³/mol. The molecule has 2 aromatic heterocycles. The molecule has 6 nitrogen and oxygen atoms in total. The first-order valence-electron chi connectivity index (χ1n) is 10.8. The number of rotatable bonds is 4. The maximum absolute atomic E-state index is 5.89. The van der Waals surface area contributed by atoms with Crippen molar-refractivity contribution < 1.29 is 4.74 Å². The van der Waals surface area contributed by atoms with Gasteiger partial charge in [0.05, 0.1) is 11.0 Å². The summed E-state index contributed by atoms with van der Waals surface area (Å²) in [5.41, 5.74) is 5.86. The Morgan fingerprint density at radius 1 is 1.13 bits per heavy atom. The highest BCUT2D eigenvalue weighted by molar-refractivity contribution is 8.00. The summed E-state index contributed by atoms with van der Waals surface area (Å²) in [6.45, 7) is 2.96. The smallest absolute Gasteiger partial charge is 0.213 e. The molecule has 2 aliphatic rings. The minimum Gasteiger partial charge on any atom is -0.370 e. The molecular formula is C24H23N5OS. The summed E-state index contributed by atoms with van der Waals surface area (Å²) in [6.07, 6.45) is 5.06. The van der Waals surface area contributed by atoms with Crippen LogP contribution in [-0.4, -0.2) is 32.2 Å². The maximum atomic E-state index is 5.89. The Morgan fingerprint density at radius 2 is 2.03 bits per heavy atom. The number of nitrogens with one attached hydrogen (secondary N) is 1. The van der Waals surface area contributed by atoms with E-state index >= 15 is 0 Å². The highest BCUT2D eigenvalue weighted by Gasteiger charge is 2.34. The number of benzene rings is 2. The molecule has 1 saturated heterocycles. The van der Waals surface area contributed by atoms with Crippen LogP contribution in [0.2, 0.25) is 0 Å². The van der Waals surface area contributed by atoms with Crippen LogP contribution in [0.25, 0.3) is 10.9 Å². The van der Waals surface area contributed by atoms with E-state index in [2.05, 4.69) is 70.8 Å². The lowest BCUT2D eigenvalue weighted by molar-refractivity contribution is 0.102. The molecule has 1 N–H and O–H groups in total. The highest BCUT2D eigenvalue weighted by atomic mass is 32.2. The molecule has 0 saturated carbocycles. The molecule has 156 valence electrons. The van der Waals surface area contributed by atoms with Crippen molar-refractivity contribution in [2.45, 2.75) is 42.7 Å². The van der Waals surface area contributed by atoms with Gasteiger partial charge in [0.2, 0.25) is 5.16 Å². The minimum absolute atomic E-state index is 0.0326. The van der Waals surface area contributed by atoms with Gasteiger partial charge in [-0.15, -0.1) is 10.2 Å². The molecule has 6 rings (SSSR count). The van der Waals surface area contributed by atoms with Gasteiger partial charge in [0.1, 0.15) is 6.10 Å². The number of aromatic nitrogens is 4. The predicted octanol–water partition coefficient (Wildman–Crippen LogP) is 5.27. The number of hydrogen-bond acceptors (Lipinski definition) is 5. The Morgan fingerprint density at radius 3 is 2.84 bits per heavy atom. The second-order valence-electron chi connectivity index (χ2n) is 7.94. The molecule has 7 heteroatoms. The van der Waals surface area contributed by atoms with Crippen molar-refractivity contribution in [1.82, 2.24) is 19.9 Å². The molecule has 0 bridgehead atoms. The molecule has 2 atom stereocenters. The van der Waals surface area contributed by atoms with Crippen LogP contribution in [-0.2, 0) is 11.2 Å². The normalized spacial score (nSPS) is 20.7. The Labute approximate surface area is 184 Å². The minimum atomic E-state index is -0.0326. The molecule has 4 aromatic rings. The van der Waals surface area contributed by atoms with Gasteiger partial charge in [0.15, 0.2) is 5.82 Å². The zero-order valence-electron chi connectivity index (χ0n) is 17.3. The number of nitrogens with zero attached hydrogens (tertiary/aromatic N) is 4. The number of para-hydroxylation sites is 1. The first-order valence-corrected chi connectivity index (χ1v) is 11.7. The fourth-order valence-corrected chi connectivity index (χ4v) is 5.63. The summed E-state index contributed by atoms with van der Waals surface area (Å²) < 4.78 is 7.79. The first-order chi connectivity index (χ1) is 15.3. The molecule has 1 fully saturated rings. The number of aryl methyl sites for hydroxylation is 1. The average molecular weight is 430 g/mol. The zero-order chi connectivity index (χ0) is 20.8. The van der Waals surface area contributed by atoms with Crippen LogP contribution in [0.3, 0.4) is 0 Å². The molecule has 0 amide bonds. The highest BCUT2D eigenvalue weighted by Crippen LogP contribution is 2.43. The van der Waals surface area contributed by atoms with E-state index in [0.29, 0.717) is 0 Å². The summed E-state index contributed by atoms with van der Waals surface area (Å²) in [5, 5.41) is 16.1. The van der Waals surface area contributed by atoms with E-state index in [4.69, 9.17) is 9.84 Å². The van der Waals surface area contributed by atoms with E-state index in [-0.39, 0.29) is 11.4 Å². The van der Waals surface area contributed by atoms with Crippen LogP contribution < -0.4 is 0 Å². The third kappa shape index (κ3) is 3.11. The van der Waals surface area contributed by atoms with E-state index in [9.17, 15) is 0 Å². The summed E-state index contributed by atoms with van der Waals surface area (Å²) >= 11 is 1.70. The number of thioether (sulfide) groups is 1. The van der Waals surface area contributed by atoms with Gasteiger partial charge in [-0.1, -0.05) is 67.2 Å². The third-order valence-corrected chi connectivity index (χ3v) is 7.29.